The van der Waals surface area contributed by atoms with Crippen LogP contribution >= 0.6 is 0 Å². The van der Waals surface area contributed by atoms with E-state index in [0.717, 1.165) is 17.7 Å². The second-order valence-corrected chi connectivity index (χ2v) is 5.70. The number of hydrazine groups is 1. The van der Waals surface area contributed by atoms with Gasteiger partial charge in [0.2, 0.25) is 5.91 Å². The Bertz CT molecular complexity index is 498. The molecule has 116 valence electrons. The molecule has 1 aromatic rings. The Kier molecular flexibility index (Phi) is 6.72. The van der Waals surface area contributed by atoms with E-state index in [9.17, 15) is 9.59 Å². The van der Waals surface area contributed by atoms with Gasteiger partial charge in [-0.05, 0) is 37.8 Å². The van der Waals surface area contributed by atoms with Gasteiger partial charge in [-0.2, -0.15) is 0 Å². The number of carbonyl (C=O) groups excluding carboxylic acids is 2. The number of anilines is 1. The molecule has 0 heterocycles. The van der Waals surface area contributed by atoms with Gasteiger partial charge in [-0.15, -0.1) is 0 Å². The maximum Gasteiger partial charge on any atom is 0.257 e. The molecule has 0 unspecified atom stereocenters. The zero-order valence-corrected chi connectivity index (χ0v) is 13.2. The van der Waals surface area contributed by atoms with E-state index in [1.54, 1.807) is 0 Å². The van der Waals surface area contributed by atoms with Gasteiger partial charge in [0.15, 0.2) is 0 Å². The fraction of sp³-hybridized carbons (Fsp3) is 0.500. The summed E-state index contributed by atoms with van der Waals surface area (Å²) in [5.41, 5.74) is 8.01. The van der Waals surface area contributed by atoms with Gasteiger partial charge in [-0.1, -0.05) is 31.5 Å². The second-order valence-electron chi connectivity index (χ2n) is 5.70. The Morgan fingerprint density at radius 1 is 1.10 bits per heavy atom. The molecule has 0 fully saturated rings. The topological polar surface area (TPSA) is 70.2 Å². The van der Waals surface area contributed by atoms with E-state index in [1.165, 1.54) is 5.56 Å². The molecule has 0 aliphatic heterocycles. The van der Waals surface area contributed by atoms with Crippen LogP contribution in [0.1, 0.15) is 37.8 Å². The van der Waals surface area contributed by atoms with Crippen LogP contribution in [0.15, 0.2) is 18.2 Å². The number of benzene rings is 1. The first-order valence-corrected chi connectivity index (χ1v) is 7.27. The highest BCUT2D eigenvalue weighted by atomic mass is 16.2. The highest BCUT2D eigenvalue weighted by Crippen LogP contribution is 2.15. The molecule has 3 N–H and O–H groups in total. The maximum atomic E-state index is 11.6. The summed E-state index contributed by atoms with van der Waals surface area (Å²) >= 11 is 0. The number of rotatable bonds is 6. The van der Waals surface area contributed by atoms with Crippen LogP contribution in [-0.2, 0) is 9.59 Å². The third kappa shape index (κ3) is 6.79. The third-order valence-electron chi connectivity index (χ3n) is 3.11. The SMILES string of the molecule is Cc1ccc(NCC(=O)NNC(=O)CCC(C)C)c(C)c1. The number of hydrogen-bond donors (Lipinski definition) is 3. The summed E-state index contributed by atoms with van der Waals surface area (Å²) in [5, 5.41) is 3.05. The first kappa shape index (κ1) is 17.0. The zero-order chi connectivity index (χ0) is 15.8. The van der Waals surface area contributed by atoms with Crippen molar-refractivity contribution in [3.8, 4) is 0 Å². The summed E-state index contributed by atoms with van der Waals surface area (Å²) < 4.78 is 0. The van der Waals surface area contributed by atoms with Crippen molar-refractivity contribution in [3.05, 3.63) is 29.3 Å². The van der Waals surface area contributed by atoms with Crippen LogP contribution in [-0.4, -0.2) is 18.4 Å². The predicted molar refractivity (Wildman–Crippen MR) is 84.8 cm³/mol. The van der Waals surface area contributed by atoms with Crippen LogP contribution in [0.3, 0.4) is 0 Å². The molecule has 0 bridgehead atoms. The van der Waals surface area contributed by atoms with Gasteiger partial charge in [0.25, 0.3) is 5.91 Å². The third-order valence-corrected chi connectivity index (χ3v) is 3.11. The van der Waals surface area contributed by atoms with Crippen molar-refractivity contribution >= 4 is 17.5 Å². The summed E-state index contributed by atoms with van der Waals surface area (Å²) in [6, 6.07) is 5.98. The molecule has 0 saturated carbocycles. The van der Waals surface area contributed by atoms with E-state index in [1.807, 2.05) is 32.0 Å². The second kappa shape index (κ2) is 8.29. The molecule has 1 rings (SSSR count). The van der Waals surface area contributed by atoms with Crippen LogP contribution in [0.4, 0.5) is 5.69 Å². The predicted octanol–water partition coefficient (Wildman–Crippen LogP) is 2.30. The molecule has 1 aromatic carbocycles. The Hall–Kier alpha value is -2.04. The average molecular weight is 291 g/mol. The van der Waals surface area contributed by atoms with E-state index in [4.69, 9.17) is 0 Å². The maximum absolute atomic E-state index is 11.6. The highest BCUT2D eigenvalue weighted by Gasteiger charge is 2.06. The molecule has 0 aromatic heterocycles. The quantitative estimate of drug-likeness (QED) is 0.704. The molecule has 21 heavy (non-hydrogen) atoms. The van der Waals surface area contributed by atoms with Crippen LogP contribution in [0.2, 0.25) is 0 Å². The van der Waals surface area contributed by atoms with Crippen LogP contribution in [0.25, 0.3) is 0 Å². The minimum absolute atomic E-state index is 0.119. The van der Waals surface area contributed by atoms with E-state index in [0.29, 0.717) is 12.3 Å². The minimum atomic E-state index is -0.270. The largest absolute Gasteiger partial charge is 0.376 e. The molecular weight excluding hydrogens is 266 g/mol. The van der Waals surface area contributed by atoms with E-state index in [2.05, 4.69) is 30.0 Å². The van der Waals surface area contributed by atoms with Crippen molar-refractivity contribution in [1.82, 2.24) is 10.9 Å². The molecule has 0 spiro atoms. The lowest BCUT2D eigenvalue weighted by Gasteiger charge is -2.11. The Balaban J connectivity index is 2.29. The summed E-state index contributed by atoms with van der Waals surface area (Å²) in [4.78, 5) is 23.1. The highest BCUT2D eigenvalue weighted by molar-refractivity contribution is 5.84. The van der Waals surface area contributed by atoms with Gasteiger partial charge in [-0.25, -0.2) is 0 Å². The van der Waals surface area contributed by atoms with Crippen molar-refractivity contribution in [2.75, 3.05) is 11.9 Å². The van der Waals surface area contributed by atoms with Gasteiger partial charge in [0, 0.05) is 12.1 Å². The number of nitrogens with one attached hydrogen (secondary N) is 3. The van der Waals surface area contributed by atoms with Gasteiger partial charge in [-0.3, -0.25) is 20.4 Å². The molecular formula is C16H25N3O2. The van der Waals surface area contributed by atoms with Gasteiger partial charge in [0.1, 0.15) is 0 Å². The lowest BCUT2D eigenvalue weighted by Crippen LogP contribution is -2.44. The van der Waals surface area contributed by atoms with Crippen molar-refractivity contribution in [1.29, 1.82) is 0 Å². The van der Waals surface area contributed by atoms with E-state index in [-0.39, 0.29) is 18.4 Å². The molecule has 5 nitrogen and oxygen atoms in total. The molecule has 0 radical (unpaired) electrons. The van der Waals surface area contributed by atoms with Crippen LogP contribution in [0, 0.1) is 19.8 Å². The molecule has 0 aliphatic rings. The first-order valence-electron chi connectivity index (χ1n) is 7.27. The van der Waals surface area contributed by atoms with Crippen molar-refractivity contribution in [2.45, 2.75) is 40.5 Å². The number of amides is 2. The Labute approximate surface area is 126 Å². The minimum Gasteiger partial charge on any atom is -0.376 e. The fourth-order valence-corrected chi connectivity index (χ4v) is 1.85. The lowest BCUT2D eigenvalue weighted by molar-refractivity contribution is -0.128. The smallest absolute Gasteiger partial charge is 0.257 e. The lowest BCUT2D eigenvalue weighted by atomic mass is 10.1. The van der Waals surface area contributed by atoms with Gasteiger partial charge < -0.3 is 5.32 Å². The molecule has 0 saturated heterocycles. The molecule has 0 atom stereocenters. The van der Waals surface area contributed by atoms with Gasteiger partial charge >= 0.3 is 0 Å². The monoisotopic (exact) mass is 291 g/mol. The molecule has 0 aliphatic carbocycles. The summed E-state index contributed by atoms with van der Waals surface area (Å²) in [7, 11) is 0. The number of hydrogen-bond acceptors (Lipinski definition) is 3. The van der Waals surface area contributed by atoms with E-state index < -0.39 is 0 Å². The number of aryl methyl sites for hydroxylation is 2. The van der Waals surface area contributed by atoms with Crippen LogP contribution in [0.5, 0.6) is 0 Å². The average Bonchev–Trinajstić information content (AvgIpc) is 2.41. The van der Waals surface area contributed by atoms with Gasteiger partial charge in [0.05, 0.1) is 6.54 Å². The van der Waals surface area contributed by atoms with E-state index >= 15 is 0 Å². The summed E-state index contributed by atoms with van der Waals surface area (Å²) in [6.45, 7) is 8.24. The van der Waals surface area contributed by atoms with Crippen molar-refractivity contribution < 1.29 is 9.59 Å². The zero-order valence-electron chi connectivity index (χ0n) is 13.2. The fourth-order valence-electron chi connectivity index (χ4n) is 1.85. The van der Waals surface area contributed by atoms with Crippen molar-refractivity contribution in [2.24, 2.45) is 5.92 Å². The summed E-state index contributed by atoms with van der Waals surface area (Å²) in [5.74, 6) is 0.0362. The number of carbonyl (C=O) groups is 2. The molecule has 5 heteroatoms. The molecule has 2 amide bonds. The summed E-state index contributed by atoms with van der Waals surface area (Å²) in [6.07, 6.45) is 1.23. The van der Waals surface area contributed by atoms with Crippen molar-refractivity contribution in [3.63, 3.8) is 0 Å². The Morgan fingerprint density at radius 3 is 2.38 bits per heavy atom. The Morgan fingerprint density at radius 2 is 1.76 bits per heavy atom. The first-order chi connectivity index (χ1) is 9.88. The standard InChI is InChI=1S/C16H25N3O2/c1-11(2)5-8-15(20)18-19-16(21)10-17-14-7-6-12(3)9-13(14)4/h6-7,9,11,17H,5,8,10H2,1-4H3,(H,18,20)(H,19,21). The normalized spacial score (nSPS) is 10.3. The van der Waals surface area contributed by atoms with Crippen LogP contribution < -0.4 is 16.2 Å².